The van der Waals surface area contributed by atoms with Crippen molar-refractivity contribution in [2.24, 2.45) is 0 Å². The quantitative estimate of drug-likeness (QED) is 0.872. The van der Waals surface area contributed by atoms with Crippen LogP contribution in [-0.2, 0) is 11.2 Å². The number of carbonyl (C=O) groups is 1. The first-order valence-corrected chi connectivity index (χ1v) is 5.76. The molecule has 0 aliphatic carbocycles. The number of amides is 1. The van der Waals surface area contributed by atoms with Gasteiger partial charge in [0.1, 0.15) is 11.6 Å². The van der Waals surface area contributed by atoms with E-state index in [1.54, 1.807) is 14.0 Å². The molecule has 1 aromatic rings. The number of nitrogens with zero attached hydrogens (tertiary/aromatic N) is 1. The van der Waals surface area contributed by atoms with E-state index in [-0.39, 0.29) is 17.9 Å². The minimum atomic E-state index is -0.715. The zero-order valence-electron chi connectivity index (χ0n) is 10.5. The number of hydrogen-bond donors (Lipinski definition) is 1. The van der Waals surface area contributed by atoms with Crippen molar-refractivity contribution in [1.82, 2.24) is 4.90 Å². The molecule has 0 saturated heterocycles. The van der Waals surface area contributed by atoms with Gasteiger partial charge in [-0.2, -0.15) is 0 Å². The average molecular weight is 257 g/mol. The first kappa shape index (κ1) is 14.6. The monoisotopic (exact) mass is 257 g/mol. The summed E-state index contributed by atoms with van der Waals surface area (Å²) in [5.74, 6) is -1.64. The second-order valence-corrected chi connectivity index (χ2v) is 4.37. The maximum Gasteiger partial charge on any atom is 0.226 e. The van der Waals surface area contributed by atoms with Crippen LogP contribution in [0.5, 0.6) is 0 Å². The smallest absolute Gasteiger partial charge is 0.226 e. The van der Waals surface area contributed by atoms with Gasteiger partial charge in [0.05, 0.1) is 12.5 Å². The Kier molecular flexibility index (Phi) is 5.22. The Morgan fingerprint density at radius 1 is 1.44 bits per heavy atom. The summed E-state index contributed by atoms with van der Waals surface area (Å²) in [6, 6.07) is 3.16. The highest BCUT2D eigenvalue weighted by molar-refractivity contribution is 5.78. The Balaban J connectivity index is 2.58. The van der Waals surface area contributed by atoms with E-state index in [4.69, 9.17) is 5.11 Å². The maximum atomic E-state index is 13.3. The molecule has 0 aromatic heterocycles. The largest absolute Gasteiger partial charge is 0.393 e. The number of benzene rings is 1. The molecule has 5 heteroatoms. The van der Waals surface area contributed by atoms with Crippen molar-refractivity contribution in [3.8, 4) is 0 Å². The molecular weight excluding hydrogens is 240 g/mol. The van der Waals surface area contributed by atoms with Crippen LogP contribution in [0.25, 0.3) is 0 Å². The van der Waals surface area contributed by atoms with Crippen LogP contribution < -0.4 is 0 Å². The molecule has 1 atom stereocenters. The van der Waals surface area contributed by atoms with Crippen LogP contribution >= 0.6 is 0 Å². The number of aliphatic hydroxyl groups excluding tert-OH is 1. The first-order chi connectivity index (χ1) is 8.40. The molecule has 100 valence electrons. The van der Waals surface area contributed by atoms with Crippen molar-refractivity contribution in [2.45, 2.75) is 25.9 Å². The third-order valence-corrected chi connectivity index (χ3v) is 2.66. The van der Waals surface area contributed by atoms with Gasteiger partial charge in [-0.05, 0) is 25.0 Å². The van der Waals surface area contributed by atoms with E-state index < -0.39 is 17.7 Å². The van der Waals surface area contributed by atoms with Crippen molar-refractivity contribution < 1.29 is 18.7 Å². The van der Waals surface area contributed by atoms with E-state index in [0.717, 1.165) is 12.1 Å². The average Bonchev–Trinajstić information content (AvgIpc) is 2.29. The predicted octanol–water partition coefficient (Wildman–Crippen LogP) is 1.74. The fraction of sp³-hybridized carbons (Fsp3) is 0.462. The van der Waals surface area contributed by atoms with Gasteiger partial charge in [0.2, 0.25) is 5.91 Å². The lowest BCUT2D eigenvalue weighted by Gasteiger charge is -2.18. The second kappa shape index (κ2) is 6.44. The predicted molar refractivity (Wildman–Crippen MR) is 64.0 cm³/mol. The highest BCUT2D eigenvalue weighted by Gasteiger charge is 2.13. The summed E-state index contributed by atoms with van der Waals surface area (Å²) in [6.45, 7) is 2.04. The Labute approximate surface area is 105 Å². The van der Waals surface area contributed by atoms with E-state index in [9.17, 15) is 13.6 Å². The SMILES string of the molecule is CC(O)CCN(C)C(=O)Cc1ccc(F)cc1F. The summed E-state index contributed by atoms with van der Waals surface area (Å²) in [4.78, 5) is 13.2. The van der Waals surface area contributed by atoms with E-state index in [1.165, 1.54) is 11.0 Å². The molecule has 1 amide bonds. The summed E-state index contributed by atoms with van der Waals surface area (Å²) >= 11 is 0. The van der Waals surface area contributed by atoms with E-state index >= 15 is 0 Å². The van der Waals surface area contributed by atoms with E-state index in [1.807, 2.05) is 0 Å². The highest BCUT2D eigenvalue weighted by atomic mass is 19.1. The lowest BCUT2D eigenvalue weighted by Crippen LogP contribution is -2.30. The van der Waals surface area contributed by atoms with Crippen molar-refractivity contribution in [3.63, 3.8) is 0 Å². The maximum absolute atomic E-state index is 13.3. The molecule has 18 heavy (non-hydrogen) atoms. The number of hydrogen-bond acceptors (Lipinski definition) is 2. The Hall–Kier alpha value is -1.49. The number of likely N-dealkylation sites (N-methyl/N-ethyl adjacent to an activating group) is 1. The zero-order chi connectivity index (χ0) is 13.7. The molecule has 0 bridgehead atoms. The molecule has 1 rings (SSSR count). The molecule has 0 aliphatic rings. The minimum Gasteiger partial charge on any atom is -0.393 e. The van der Waals surface area contributed by atoms with Crippen molar-refractivity contribution in [2.75, 3.05) is 13.6 Å². The second-order valence-electron chi connectivity index (χ2n) is 4.37. The van der Waals surface area contributed by atoms with Crippen LogP contribution in [0.15, 0.2) is 18.2 Å². The number of aliphatic hydroxyl groups is 1. The summed E-state index contributed by atoms with van der Waals surface area (Å²) in [5.41, 5.74) is 0.172. The molecule has 0 aliphatic heterocycles. The molecule has 3 nitrogen and oxygen atoms in total. The van der Waals surface area contributed by atoms with Crippen LogP contribution in [0.3, 0.4) is 0 Å². The van der Waals surface area contributed by atoms with Crippen molar-refractivity contribution in [1.29, 1.82) is 0 Å². The van der Waals surface area contributed by atoms with E-state index in [2.05, 4.69) is 0 Å². The third kappa shape index (κ3) is 4.41. The van der Waals surface area contributed by atoms with Crippen LogP contribution in [0.1, 0.15) is 18.9 Å². The lowest BCUT2D eigenvalue weighted by atomic mass is 10.1. The zero-order valence-corrected chi connectivity index (χ0v) is 10.5. The van der Waals surface area contributed by atoms with Crippen LogP contribution in [0.4, 0.5) is 8.78 Å². The molecule has 1 aromatic carbocycles. The minimum absolute atomic E-state index is 0.109. The van der Waals surface area contributed by atoms with Crippen LogP contribution in [0.2, 0.25) is 0 Å². The highest BCUT2D eigenvalue weighted by Crippen LogP contribution is 2.11. The number of carbonyl (C=O) groups excluding carboxylic acids is 1. The van der Waals surface area contributed by atoms with Crippen molar-refractivity contribution in [3.05, 3.63) is 35.4 Å². The van der Waals surface area contributed by atoms with Gasteiger partial charge in [-0.1, -0.05) is 6.07 Å². The van der Waals surface area contributed by atoms with Gasteiger partial charge in [-0.15, -0.1) is 0 Å². The Morgan fingerprint density at radius 2 is 2.11 bits per heavy atom. The topological polar surface area (TPSA) is 40.5 Å². The van der Waals surface area contributed by atoms with Gasteiger partial charge in [-0.3, -0.25) is 4.79 Å². The standard InChI is InChI=1S/C13H17F2NO2/c1-9(17)5-6-16(2)13(18)7-10-3-4-11(14)8-12(10)15/h3-4,8-9,17H,5-7H2,1-2H3. The summed E-state index contributed by atoms with van der Waals surface area (Å²) in [5, 5.41) is 9.11. The molecule has 0 radical (unpaired) electrons. The fourth-order valence-corrected chi connectivity index (χ4v) is 1.47. The van der Waals surface area contributed by atoms with Crippen molar-refractivity contribution >= 4 is 5.91 Å². The van der Waals surface area contributed by atoms with Gasteiger partial charge in [-0.25, -0.2) is 8.78 Å². The first-order valence-electron chi connectivity index (χ1n) is 5.76. The molecule has 0 fully saturated rings. The summed E-state index contributed by atoms with van der Waals surface area (Å²) in [6.07, 6.45) is -0.126. The van der Waals surface area contributed by atoms with Gasteiger partial charge in [0, 0.05) is 19.7 Å². The fourth-order valence-electron chi connectivity index (χ4n) is 1.47. The van der Waals surface area contributed by atoms with Gasteiger partial charge in [0.15, 0.2) is 0 Å². The number of rotatable bonds is 5. The molecule has 0 saturated carbocycles. The lowest BCUT2D eigenvalue weighted by molar-refractivity contribution is -0.129. The summed E-state index contributed by atoms with van der Waals surface area (Å²) in [7, 11) is 1.59. The molecule has 0 heterocycles. The van der Waals surface area contributed by atoms with Gasteiger partial charge < -0.3 is 10.0 Å². The van der Waals surface area contributed by atoms with Crippen LogP contribution in [0, 0.1) is 11.6 Å². The molecular formula is C13H17F2NO2. The molecule has 1 unspecified atom stereocenters. The Bertz CT molecular complexity index is 421. The normalized spacial score (nSPS) is 12.3. The third-order valence-electron chi connectivity index (χ3n) is 2.66. The number of halogens is 2. The molecule has 0 spiro atoms. The van der Waals surface area contributed by atoms with Crippen LogP contribution in [-0.4, -0.2) is 35.6 Å². The Morgan fingerprint density at radius 3 is 2.67 bits per heavy atom. The summed E-state index contributed by atoms with van der Waals surface area (Å²) < 4.78 is 26.0. The van der Waals surface area contributed by atoms with E-state index in [0.29, 0.717) is 13.0 Å². The van der Waals surface area contributed by atoms with Gasteiger partial charge >= 0.3 is 0 Å². The van der Waals surface area contributed by atoms with Gasteiger partial charge in [0.25, 0.3) is 0 Å². The molecule has 1 N–H and O–H groups in total.